The highest BCUT2D eigenvalue weighted by Crippen LogP contribution is 2.58. The van der Waals surface area contributed by atoms with E-state index in [0.29, 0.717) is 0 Å². The number of guanidine groups is 6. The van der Waals surface area contributed by atoms with Crippen LogP contribution in [0.5, 0.6) is 0 Å². The molecule has 0 bridgehead atoms. The van der Waals surface area contributed by atoms with E-state index in [1.165, 1.54) is 85.4 Å². The molecule has 0 spiro atoms. The fraction of sp³-hybridized carbons (Fsp3) is 0.633. The Labute approximate surface area is 839 Å². The summed E-state index contributed by atoms with van der Waals surface area (Å²) in [5, 5.41) is 80.7. The quantitative estimate of drug-likeness (QED) is 0.00730. The van der Waals surface area contributed by atoms with Crippen molar-refractivity contribution in [3.63, 3.8) is 0 Å². The molecule has 808 valence electrons. The van der Waals surface area contributed by atoms with Crippen LogP contribution in [0.15, 0.2) is 36.4 Å². The number of amides is 8. The third-order valence-electron chi connectivity index (χ3n) is 23.3. The van der Waals surface area contributed by atoms with Crippen LogP contribution in [-0.2, 0) is 79.8 Å². The minimum absolute atomic E-state index is 0.00227. The zero-order chi connectivity index (χ0) is 107. The van der Waals surface area contributed by atoms with Crippen molar-refractivity contribution < 1.29 is 79.8 Å². The number of fused-ring (bicyclic) bond motifs is 3. The molecule has 6 aromatic rings. The van der Waals surface area contributed by atoms with E-state index < -0.39 is 204 Å². The number of H-pyrrole nitrogens is 1. The third kappa shape index (κ3) is 32.7. The second-order valence-electron chi connectivity index (χ2n) is 35.4. The number of imidazole rings is 3. The van der Waals surface area contributed by atoms with Gasteiger partial charge < -0.3 is 153 Å². The molecule has 3 aliphatic heterocycles. The lowest BCUT2D eigenvalue weighted by molar-refractivity contribution is -0.158. The van der Waals surface area contributed by atoms with E-state index in [0.717, 1.165) is 0 Å². The first-order valence-corrected chi connectivity index (χ1v) is 51.4. The van der Waals surface area contributed by atoms with E-state index in [9.17, 15) is 33.3 Å². The van der Waals surface area contributed by atoms with Crippen molar-refractivity contribution in [1.82, 2.24) is 156 Å². The van der Waals surface area contributed by atoms with Crippen LogP contribution in [-0.4, -0.2) is 377 Å². The predicted molar refractivity (Wildman–Crippen MR) is 536 cm³/mol. The maximum absolute atomic E-state index is 16.4. The van der Waals surface area contributed by atoms with Crippen LogP contribution >= 0.6 is 22.9 Å². The van der Waals surface area contributed by atoms with Gasteiger partial charge in [-0.1, -0.05) is 13.8 Å². The summed E-state index contributed by atoms with van der Waals surface area (Å²) in [6.07, 6.45) is -0.951. The third-order valence-corrected chi connectivity index (χ3v) is 31.4. The number of nitrogen functional groups attached to an aromatic ring is 3. The number of carbonyl (C=O) groups excluding carboxylic acids is 8. The van der Waals surface area contributed by atoms with Gasteiger partial charge in [0, 0.05) is 71.5 Å². The molecule has 0 aromatic carbocycles. The average molecular weight is 2110 g/mol. The molecule has 67 heteroatoms. The number of nitrogens with two attached hydrogens (primary N) is 9. The highest BCUT2D eigenvalue weighted by atomic mass is 31.2. The van der Waals surface area contributed by atoms with Gasteiger partial charge in [0.05, 0.1) is 77.2 Å². The summed E-state index contributed by atoms with van der Waals surface area (Å²) >= 11 is 0. The minimum Gasteiger partial charge on any atom is -0.382 e. The number of morpholine rings is 3. The van der Waals surface area contributed by atoms with E-state index in [2.05, 4.69) is 114 Å². The van der Waals surface area contributed by atoms with Crippen LogP contribution in [0.2, 0.25) is 0 Å². The first-order chi connectivity index (χ1) is 69.1. The van der Waals surface area contributed by atoms with Gasteiger partial charge in [-0.25, -0.2) is 58.2 Å². The van der Waals surface area contributed by atoms with Crippen molar-refractivity contribution in [2.75, 3.05) is 164 Å². The van der Waals surface area contributed by atoms with E-state index in [-0.39, 0.29) is 219 Å². The van der Waals surface area contributed by atoms with Gasteiger partial charge in [0.2, 0.25) is 53.2 Å². The summed E-state index contributed by atoms with van der Waals surface area (Å²) in [5.41, 5.74) is 51.7. The molecular weight excluding hydrogens is 1970 g/mol. The van der Waals surface area contributed by atoms with Crippen LogP contribution < -0.4 is 126 Å². The molecule has 3 aliphatic rings. The lowest BCUT2D eigenvalue weighted by Crippen LogP contribution is -2.60. The summed E-state index contributed by atoms with van der Waals surface area (Å²) in [6, 6.07) is -8.99. The van der Waals surface area contributed by atoms with Crippen LogP contribution in [0.4, 0.5) is 17.6 Å². The molecule has 0 saturated carbocycles. The molecule has 3 fully saturated rings. The molecule has 38 N–H and O–H groups in total. The molecule has 15 unspecified atom stereocenters. The minimum atomic E-state index is -4.47. The van der Waals surface area contributed by atoms with Gasteiger partial charge in [-0.05, 0) is 119 Å². The van der Waals surface area contributed by atoms with Crippen molar-refractivity contribution in [2.24, 2.45) is 34.4 Å². The first kappa shape index (κ1) is 116. The standard InChI is InChI=1S/C79H139N46O18P3/c1-43(2)144(135,117(4)5)138-35-46-30-121(33-56(142-46)123-40-106-58-61(80)102-38-104-63(58)123)146(137,119(8)9)140-37-47-31-122(34-57(143-47)124-41-107-59-62(81)103-39-105-64(59)124)145(136,118(6)7)139-36-45-29-120(32-55(141-45)125-42-108-60-65(125)115-79(94)116-72(60)134)54(127)28-101-66(128)48(16-10-22-95-73(82)83)110-68(130)50(18-12-24-97-75(86)87)112-70(132)52(20-14-26-99-77(90)91)114-71(133)53(21-15-27-100-78(92)93)113-69(131)51(19-13-25-98-76(88)89)111-67(129)49(109-44(3)126)17-11-23-96-74(84)85/h38-43,45-53,55-57H,10-37H2,1-9H3,(H,101,128)(H,109,126)(H,110,130)(H,111,129)(H,112,132)(H,113,131)(H,114,133)(H2,80,102,104)(H2,81,103,105)(H4,82,83,95)(H4,84,85,96)(H4,86,87,97)(H4,88,89,98)(H4,90,91,99)(H4,92,93,100)(H3,94,115,116,134). The van der Waals surface area contributed by atoms with Crippen molar-refractivity contribution in [2.45, 2.75) is 177 Å². The fourth-order valence-corrected chi connectivity index (χ4v) is 21.9. The van der Waals surface area contributed by atoms with Gasteiger partial charge in [0.15, 0.2) is 76.1 Å². The number of aromatic amines is 1. The van der Waals surface area contributed by atoms with Crippen LogP contribution in [0.1, 0.15) is 117 Å². The number of nitrogens with one attached hydrogen (secondary N) is 20. The van der Waals surface area contributed by atoms with Crippen LogP contribution in [0.3, 0.4) is 0 Å². The highest BCUT2D eigenvalue weighted by molar-refractivity contribution is 7.57. The molecule has 6 aromatic heterocycles. The van der Waals surface area contributed by atoms with E-state index in [1.807, 2.05) is 0 Å². The normalized spacial score (nSPS) is 19.3. The summed E-state index contributed by atoms with van der Waals surface area (Å²) in [6.45, 7) is 1.21. The topological polar surface area (TPSA) is 947 Å². The summed E-state index contributed by atoms with van der Waals surface area (Å²) in [5.74, 6) is -9.80. The molecule has 9 rings (SSSR count). The summed E-state index contributed by atoms with van der Waals surface area (Å²) in [7, 11) is -2.84. The Balaban J connectivity index is 0.978. The Morgan fingerprint density at radius 1 is 0.425 bits per heavy atom. The van der Waals surface area contributed by atoms with E-state index in [4.69, 9.17) is 112 Å². The fourth-order valence-electron chi connectivity index (χ4n) is 16.1. The number of hydrogen-bond acceptors (Lipinski definition) is 35. The predicted octanol–water partition coefficient (Wildman–Crippen LogP) is -7.15. The zero-order valence-corrected chi connectivity index (χ0v) is 85.4. The van der Waals surface area contributed by atoms with Gasteiger partial charge in [0.25, 0.3) is 13.1 Å². The molecule has 0 aliphatic carbocycles. The lowest BCUT2D eigenvalue weighted by atomic mass is 10.0. The van der Waals surface area contributed by atoms with Crippen molar-refractivity contribution in [1.29, 1.82) is 32.5 Å². The monoisotopic (exact) mass is 2110 g/mol. The second-order valence-corrected chi connectivity index (χ2v) is 43.8. The Hall–Kier alpha value is -13.5. The molecule has 15 atom stereocenters. The smallest absolute Gasteiger partial charge is 0.345 e. The Bertz CT molecular complexity index is 5770. The van der Waals surface area contributed by atoms with Crippen molar-refractivity contribution in [3.05, 3.63) is 42.0 Å². The van der Waals surface area contributed by atoms with Gasteiger partial charge in [0.1, 0.15) is 78.5 Å². The average Bonchev–Trinajstić information content (AvgIpc) is 1.43. The number of ether oxygens (including phenoxy) is 3. The lowest BCUT2D eigenvalue weighted by Gasteiger charge is -2.45. The number of nitrogens with zero attached hydrogens (tertiary/aromatic N) is 17. The molecule has 0 radical (unpaired) electrons. The van der Waals surface area contributed by atoms with E-state index in [1.54, 1.807) is 51.3 Å². The maximum Gasteiger partial charge on any atom is 0.345 e. The Kier molecular flexibility index (Phi) is 43.0. The zero-order valence-electron chi connectivity index (χ0n) is 82.7. The molecular formula is C79H139N46O18P3. The number of carbonyl (C=O) groups is 8. The number of hydrogen-bond donors (Lipinski definition) is 29. The summed E-state index contributed by atoms with van der Waals surface area (Å²) < 4.78 is 98.6. The summed E-state index contributed by atoms with van der Waals surface area (Å²) in [4.78, 5) is 168. The molecule has 64 nitrogen and oxygen atoms in total. The number of anilines is 3. The van der Waals surface area contributed by atoms with Crippen LogP contribution in [0.25, 0.3) is 33.5 Å². The molecule has 3 saturated heterocycles. The van der Waals surface area contributed by atoms with Crippen molar-refractivity contribution >= 4 is 157 Å². The Morgan fingerprint density at radius 2 is 0.740 bits per heavy atom. The second kappa shape index (κ2) is 54.1. The van der Waals surface area contributed by atoms with Gasteiger partial charge in [-0.3, -0.25) is 108 Å². The SMILES string of the molecule is CC(=O)NC(CCCNC(=N)N)C(=O)NC(CCCNC(=N)N)C(=O)NC(CCCNC(=N)N)C(=O)NC(CCCNC(=N)N)C(=O)NC(CCCNC(=N)N)C(=O)NC(CCCNC(=N)N)C(=O)NCC(=O)N1CC(COP(=O)(N(C)C)N2CC(COP(=O)(N(C)C)N3CC(COP(=O)(C(C)C)N(C)C)OC(n4cnc5c(N)ncnc54)C3)OC(n3cnc4c(N)ncnc43)C2)OC(n2cnc3c(=O)[nH]c(N)nc32)C1. The van der Waals surface area contributed by atoms with E-state index >= 15 is 23.5 Å². The first-order valence-electron chi connectivity index (χ1n) is 46.7. The number of rotatable bonds is 56. The molecule has 9 heterocycles. The largest absolute Gasteiger partial charge is 0.382 e. The van der Waals surface area contributed by atoms with Gasteiger partial charge in [-0.15, -0.1) is 0 Å². The Morgan fingerprint density at radius 3 is 1.07 bits per heavy atom. The van der Waals surface area contributed by atoms with Gasteiger partial charge >= 0.3 is 15.3 Å². The number of aromatic nitrogens is 12. The van der Waals surface area contributed by atoms with Crippen molar-refractivity contribution in [3.8, 4) is 0 Å². The van der Waals surface area contributed by atoms with Gasteiger partial charge in [-0.2, -0.15) is 4.98 Å². The molecule has 8 amide bonds. The highest BCUT2D eigenvalue weighted by Gasteiger charge is 2.49. The van der Waals surface area contributed by atoms with Crippen LogP contribution in [0, 0.1) is 32.5 Å². The maximum atomic E-state index is 16.4. The molecule has 146 heavy (non-hydrogen) atoms.